The second kappa shape index (κ2) is 6.60. The van der Waals surface area contributed by atoms with Gasteiger partial charge in [0.15, 0.2) is 5.57 Å². The molecule has 0 aliphatic carbocycles. The van der Waals surface area contributed by atoms with Crippen molar-refractivity contribution in [3.05, 3.63) is 16.8 Å². The summed E-state index contributed by atoms with van der Waals surface area (Å²) in [7, 11) is 0. The lowest BCUT2D eigenvalue weighted by Crippen LogP contribution is -2.07. The molecule has 0 amide bonds. The van der Waals surface area contributed by atoms with E-state index in [4.69, 9.17) is 10.00 Å². The van der Waals surface area contributed by atoms with Crippen LogP contribution >= 0.6 is 11.3 Å². The molecule has 1 aromatic rings. The van der Waals surface area contributed by atoms with Crippen LogP contribution in [0.2, 0.25) is 0 Å². The third-order valence-corrected chi connectivity index (χ3v) is 2.72. The Morgan fingerprint density at radius 1 is 1.59 bits per heavy atom. The molecule has 6 nitrogen and oxygen atoms in total. The standard InChI is InChI=1S/C10H12N4O2S/c1-3-8-13-14-10(17-8)12-6-7(5-11)9(15)16-4-2/h6H,3-4H2,1-2H3,(H,12,14)/b7-6-. The molecule has 0 spiro atoms. The van der Waals surface area contributed by atoms with Gasteiger partial charge in [0, 0.05) is 6.20 Å². The van der Waals surface area contributed by atoms with E-state index in [-0.39, 0.29) is 12.2 Å². The van der Waals surface area contributed by atoms with Crippen LogP contribution in [-0.2, 0) is 16.0 Å². The van der Waals surface area contributed by atoms with E-state index in [1.807, 2.05) is 6.92 Å². The number of carbonyl (C=O) groups is 1. The summed E-state index contributed by atoms with van der Waals surface area (Å²) in [5.41, 5.74) is -0.0971. The van der Waals surface area contributed by atoms with E-state index in [0.717, 1.165) is 11.4 Å². The number of nitrogens with one attached hydrogen (secondary N) is 1. The number of nitriles is 1. The molecule has 17 heavy (non-hydrogen) atoms. The molecule has 1 aromatic heterocycles. The number of hydrogen-bond donors (Lipinski definition) is 1. The molecule has 1 N–H and O–H groups in total. The monoisotopic (exact) mass is 252 g/mol. The summed E-state index contributed by atoms with van der Waals surface area (Å²) in [4.78, 5) is 11.3. The fourth-order valence-corrected chi connectivity index (χ4v) is 1.58. The summed E-state index contributed by atoms with van der Waals surface area (Å²) in [6, 6.07) is 1.76. The highest BCUT2D eigenvalue weighted by molar-refractivity contribution is 7.15. The summed E-state index contributed by atoms with van der Waals surface area (Å²) in [6.45, 7) is 3.88. The predicted octanol–water partition coefficient (Wildman–Crippen LogP) is 1.48. The molecule has 90 valence electrons. The fraction of sp³-hybridized carbons (Fsp3) is 0.400. The minimum absolute atomic E-state index is 0.0971. The van der Waals surface area contributed by atoms with Crippen molar-refractivity contribution in [2.75, 3.05) is 11.9 Å². The Morgan fingerprint density at radius 2 is 2.35 bits per heavy atom. The van der Waals surface area contributed by atoms with Gasteiger partial charge >= 0.3 is 5.97 Å². The number of aryl methyl sites for hydroxylation is 1. The molecule has 0 saturated heterocycles. The number of anilines is 1. The van der Waals surface area contributed by atoms with E-state index in [1.165, 1.54) is 17.5 Å². The Bertz CT molecular complexity index is 461. The van der Waals surface area contributed by atoms with Gasteiger partial charge in [-0.2, -0.15) is 5.26 Å². The lowest BCUT2D eigenvalue weighted by Gasteiger charge is -1.99. The zero-order valence-corrected chi connectivity index (χ0v) is 10.4. The van der Waals surface area contributed by atoms with Crippen molar-refractivity contribution in [2.24, 2.45) is 0 Å². The molecule has 7 heteroatoms. The summed E-state index contributed by atoms with van der Waals surface area (Å²) >= 11 is 1.37. The van der Waals surface area contributed by atoms with Crippen LogP contribution in [-0.4, -0.2) is 22.8 Å². The molecule has 0 unspecified atom stereocenters. The number of carbonyl (C=O) groups excluding carboxylic acids is 1. The minimum Gasteiger partial charge on any atom is -0.462 e. The molecular formula is C10H12N4O2S. The van der Waals surface area contributed by atoms with Crippen molar-refractivity contribution in [1.82, 2.24) is 10.2 Å². The first-order valence-corrected chi connectivity index (χ1v) is 5.89. The number of aromatic nitrogens is 2. The van der Waals surface area contributed by atoms with Gasteiger partial charge in [0.25, 0.3) is 0 Å². The quantitative estimate of drug-likeness (QED) is 0.485. The Labute approximate surface area is 103 Å². The fourth-order valence-electron chi connectivity index (χ4n) is 0.934. The van der Waals surface area contributed by atoms with Crippen LogP contribution in [0.15, 0.2) is 11.8 Å². The largest absolute Gasteiger partial charge is 0.462 e. The maximum atomic E-state index is 11.3. The normalized spacial score (nSPS) is 10.8. The van der Waals surface area contributed by atoms with E-state index in [1.54, 1.807) is 13.0 Å². The van der Waals surface area contributed by atoms with Crippen molar-refractivity contribution >= 4 is 22.4 Å². The van der Waals surface area contributed by atoms with Gasteiger partial charge < -0.3 is 10.1 Å². The molecule has 0 fully saturated rings. The van der Waals surface area contributed by atoms with Crippen molar-refractivity contribution in [3.63, 3.8) is 0 Å². The van der Waals surface area contributed by atoms with Crippen LogP contribution < -0.4 is 5.32 Å². The Morgan fingerprint density at radius 3 is 2.88 bits per heavy atom. The van der Waals surface area contributed by atoms with Crippen molar-refractivity contribution < 1.29 is 9.53 Å². The molecule has 1 rings (SSSR count). The zero-order valence-electron chi connectivity index (χ0n) is 9.56. The lowest BCUT2D eigenvalue weighted by atomic mass is 10.3. The van der Waals surface area contributed by atoms with E-state index in [9.17, 15) is 4.79 Å². The van der Waals surface area contributed by atoms with Crippen molar-refractivity contribution in [1.29, 1.82) is 5.26 Å². The molecule has 0 bridgehead atoms. The first-order chi connectivity index (χ1) is 8.21. The number of ether oxygens (including phenoxy) is 1. The molecule has 0 atom stereocenters. The predicted molar refractivity (Wildman–Crippen MR) is 63.2 cm³/mol. The number of nitrogens with zero attached hydrogens (tertiary/aromatic N) is 3. The summed E-state index contributed by atoms with van der Waals surface area (Å²) in [6.07, 6.45) is 2.07. The van der Waals surface area contributed by atoms with Gasteiger partial charge in [0.05, 0.1) is 6.61 Å². The topological polar surface area (TPSA) is 87.9 Å². The molecule has 0 aromatic carbocycles. The van der Waals surface area contributed by atoms with Crippen LogP contribution in [0.3, 0.4) is 0 Å². The van der Waals surface area contributed by atoms with Gasteiger partial charge in [-0.15, -0.1) is 10.2 Å². The van der Waals surface area contributed by atoms with Gasteiger partial charge in [-0.25, -0.2) is 4.79 Å². The molecule has 0 aliphatic heterocycles. The van der Waals surface area contributed by atoms with Gasteiger partial charge in [-0.05, 0) is 13.3 Å². The number of esters is 1. The maximum absolute atomic E-state index is 11.3. The number of rotatable bonds is 5. The van der Waals surface area contributed by atoms with Crippen LogP contribution in [0, 0.1) is 11.3 Å². The Kier molecular flexibility index (Phi) is 5.10. The van der Waals surface area contributed by atoms with Gasteiger partial charge in [-0.1, -0.05) is 18.3 Å². The van der Waals surface area contributed by atoms with E-state index in [0.29, 0.717) is 5.13 Å². The molecule has 0 saturated carbocycles. The Balaban J connectivity index is 2.67. The smallest absolute Gasteiger partial charge is 0.350 e. The van der Waals surface area contributed by atoms with E-state index >= 15 is 0 Å². The highest BCUT2D eigenvalue weighted by Gasteiger charge is 2.09. The van der Waals surface area contributed by atoms with E-state index in [2.05, 4.69) is 15.5 Å². The average Bonchev–Trinajstić information content (AvgIpc) is 2.78. The highest BCUT2D eigenvalue weighted by Crippen LogP contribution is 2.15. The third-order valence-electron chi connectivity index (χ3n) is 1.73. The molecular weight excluding hydrogens is 240 g/mol. The van der Waals surface area contributed by atoms with Crippen LogP contribution in [0.1, 0.15) is 18.9 Å². The summed E-state index contributed by atoms with van der Waals surface area (Å²) < 4.78 is 4.71. The SMILES string of the molecule is CCOC(=O)/C(C#N)=C\Nc1nnc(CC)s1. The Hall–Kier alpha value is -1.94. The van der Waals surface area contributed by atoms with E-state index < -0.39 is 5.97 Å². The first kappa shape index (κ1) is 13.1. The average molecular weight is 252 g/mol. The molecule has 0 aliphatic rings. The van der Waals surface area contributed by atoms with Gasteiger partial charge in [0.1, 0.15) is 11.1 Å². The van der Waals surface area contributed by atoms with Gasteiger partial charge in [-0.3, -0.25) is 0 Å². The van der Waals surface area contributed by atoms with Crippen LogP contribution in [0.5, 0.6) is 0 Å². The van der Waals surface area contributed by atoms with Crippen molar-refractivity contribution in [3.8, 4) is 6.07 Å². The maximum Gasteiger partial charge on any atom is 0.350 e. The highest BCUT2D eigenvalue weighted by atomic mass is 32.1. The summed E-state index contributed by atoms with van der Waals surface area (Å²) in [5.74, 6) is -0.650. The molecule has 0 radical (unpaired) electrons. The first-order valence-electron chi connectivity index (χ1n) is 5.07. The molecule has 1 heterocycles. The zero-order chi connectivity index (χ0) is 12.7. The third kappa shape index (κ3) is 3.85. The summed E-state index contributed by atoms with van der Waals surface area (Å²) in [5, 5.41) is 20.7. The van der Waals surface area contributed by atoms with Crippen LogP contribution in [0.4, 0.5) is 5.13 Å². The van der Waals surface area contributed by atoms with Crippen LogP contribution in [0.25, 0.3) is 0 Å². The minimum atomic E-state index is -0.650. The van der Waals surface area contributed by atoms with Crippen molar-refractivity contribution in [2.45, 2.75) is 20.3 Å². The second-order valence-corrected chi connectivity index (χ2v) is 3.95. The van der Waals surface area contributed by atoms with Gasteiger partial charge in [0.2, 0.25) is 5.13 Å². The second-order valence-electron chi connectivity index (χ2n) is 2.89. The number of hydrogen-bond acceptors (Lipinski definition) is 7. The lowest BCUT2D eigenvalue weighted by molar-refractivity contribution is -0.138.